The Morgan fingerprint density at radius 2 is 1.95 bits per heavy atom. The van der Waals surface area contributed by atoms with Crippen LogP contribution in [0.3, 0.4) is 0 Å². The second-order valence-corrected chi connectivity index (χ2v) is 4.96. The van der Waals surface area contributed by atoms with Crippen molar-refractivity contribution in [3.8, 4) is 0 Å². The molecule has 0 atom stereocenters. The smallest absolute Gasteiger partial charge is 0.127 e. The Kier molecular flexibility index (Phi) is 9.47. The highest BCUT2D eigenvalue weighted by molar-refractivity contribution is 8.13. The summed E-state index contributed by atoms with van der Waals surface area (Å²) in [6, 6.07) is 6.69. The monoisotopic (exact) mass is 295 g/mol. The van der Waals surface area contributed by atoms with Crippen molar-refractivity contribution in [2.24, 2.45) is 4.99 Å². The van der Waals surface area contributed by atoms with Gasteiger partial charge in [0.25, 0.3) is 0 Å². The number of aliphatic hydroxyl groups is 1. The van der Waals surface area contributed by atoms with E-state index in [0.717, 1.165) is 5.04 Å². The minimum Gasteiger partial charge on any atom is -0.509 e. The van der Waals surface area contributed by atoms with Crippen LogP contribution in [-0.2, 0) is 5.75 Å². The molecule has 0 radical (unpaired) electrons. The molecule has 0 aliphatic carbocycles. The molecule has 0 spiro atoms. The fraction of sp³-hybridized carbons (Fsp3) is 0.312. The average Bonchev–Trinajstić information content (AvgIpc) is 2.39. The van der Waals surface area contributed by atoms with Gasteiger partial charge in [0.1, 0.15) is 11.6 Å². The van der Waals surface area contributed by atoms with E-state index in [9.17, 15) is 4.39 Å². The Morgan fingerprint density at radius 3 is 2.50 bits per heavy atom. The van der Waals surface area contributed by atoms with Gasteiger partial charge in [-0.25, -0.2) is 4.39 Å². The van der Waals surface area contributed by atoms with Crippen LogP contribution in [-0.4, -0.2) is 10.2 Å². The van der Waals surface area contributed by atoms with Gasteiger partial charge in [-0.05, 0) is 25.5 Å². The van der Waals surface area contributed by atoms with E-state index in [4.69, 9.17) is 5.11 Å². The predicted molar refractivity (Wildman–Crippen MR) is 87.7 cm³/mol. The zero-order chi connectivity index (χ0) is 15.5. The van der Waals surface area contributed by atoms with Gasteiger partial charge in [-0.1, -0.05) is 38.6 Å². The molecule has 20 heavy (non-hydrogen) atoms. The van der Waals surface area contributed by atoms with Crippen LogP contribution in [0.25, 0.3) is 0 Å². The molecule has 0 aromatic heterocycles. The van der Waals surface area contributed by atoms with E-state index in [-0.39, 0.29) is 11.6 Å². The molecule has 0 bridgehead atoms. The van der Waals surface area contributed by atoms with Gasteiger partial charge >= 0.3 is 0 Å². The molecule has 4 heteroatoms. The molecule has 1 rings (SSSR count). The van der Waals surface area contributed by atoms with Gasteiger partial charge in [-0.2, -0.15) is 0 Å². The first-order chi connectivity index (χ1) is 9.49. The number of hydrogen-bond donors (Lipinski definition) is 1. The zero-order valence-electron chi connectivity index (χ0n) is 12.5. The van der Waals surface area contributed by atoms with E-state index in [1.54, 1.807) is 19.1 Å². The molecular weight excluding hydrogens is 273 g/mol. The summed E-state index contributed by atoms with van der Waals surface area (Å²) in [6.07, 6.45) is 1.48. The Morgan fingerprint density at radius 1 is 1.35 bits per heavy atom. The maximum absolute atomic E-state index is 13.4. The molecule has 2 nitrogen and oxygen atoms in total. The van der Waals surface area contributed by atoms with Gasteiger partial charge in [0.05, 0.1) is 5.04 Å². The van der Waals surface area contributed by atoms with Crippen LogP contribution in [0, 0.1) is 5.82 Å². The van der Waals surface area contributed by atoms with Crippen LogP contribution < -0.4 is 0 Å². The fourth-order valence-electron chi connectivity index (χ4n) is 1.35. The van der Waals surface area contributed by atoms with Crippen LogP contribution in [0.4, 0.5) is 4.39 Å². The summed E-state index contributed by atoms with van der Waals surface area (Å²) < 4.78 is 13.4. The van der Waals surface area contributed by atoms with Crippen LogP contribution in [0.5, 0.6) is 0 Å². The van der Waals surface area contributed by atoms with Crippen LogP contribution >= 0.6 is 11.8 Å². The van der Waals surface area contributed by atoms with E-state index in [0.29, 0.717) is 17.0 Å². The lowest BCUT2D eigenvalue weighted by Gasteiger charge is -2.03. The second kappa shape index (κ2) is 10.3. The molecule has 1 aromatic rings. The molecule has 0 saturated heterocycles. The summed E-state index contributed by atoms with van der Waals surface area (Å²) in [5, 5.41) is 9.80. The van der Waals surface area contributed by atoms with Crippen LogP contribution in [0.15, 0.2) is 53.4 Å². The van der Waals surface area contributed by atoms with Crippen molar-refractivity contribution in [1.82, 2.24) is 0 Å². The number of hydrogen-bond acceptors (Lipinski definition) is 3. The predicted octanol–water partition coefficient (Wildman–Crippen LogP) is 5.48. The third-order valence-corrected chi connectivity index (χ3v) is 3.07. The van der Waals surface area contributed by atoms with E-state index in [1.807, 2.05) is 26.8 Å². The Balaban J connectivity index is 0.00000172. The third kappa shape index (κ3) is 7.79. The van der Waals surface area contributed by atoms with Gasteiger partial charge in [-0.3, -0.25) is 4.99 Å². The number of rotatable bonds is 4. The average molecular weight is 295 g/mol. The Labute approximate surface area is 125 Å². The van der Waals surface area contributed by atoms with Crippen molar-refractivity contribution >= 4 is 16.8 Å². The number of aliphatic hydroxyl groups excluding tert-OH is 1. The summed E-state index contributed by atoms with van der Waals surface area (Å²) in [7, 11) is 0. The molecule has 1 N–H and O–H groups in total. The number of allylic oxidation sites excluding steroid dienone is 2. The highest BCUT2D eigenvalue weighted by Crippen LogP contribution is 2.17. The van der Waals surface area contributed by atoms with Crippen molar-refractivity contribution in [2.45, 2.75) is 33.4 Å². The van der Waals surface area contributed by atoms with Crippen LogP contribution in [0.1, 0.15) is 33.3 Å². The maximum atomic E-state index is 13.4. The highest BCUT2D eigenvalue weighted by Gasteiger charge is 2.02. The third-order valence-electron chi connectivity index (χ3n) is 2.10. The fourth-order valence-corrected chi connectivity index (χ4v) is 2.16. The summed E-state index contributed by atoms with van der Waals surface area (Å²) in [4.78, 5) is 4.26. The van der Waals surface area contributed by atoms with E-state index in [1.165, 1.54) is 23.9 Å². The topological polar surface area (TPSA) is 32.6 Å². The molecular formula is C16H22FNOS. The largest absolute Gasteiger partial charge is 0.509 e. The van der Waals surface area contributed by atoms with Crippen molar-refractivity contribution in [1.29, 1.82) is 0 Å². The zero-order valence-corrected chi connectivity index (χ0v) is 13.3. The number of aliphatic imine (C=N–C) groups is 1. The van der Waals surface area contributed by atoms with Crippen molar-refractivity contribution in [3.05, 3.63) is 59.8 Å². The number of thioether (sulfide) groups is 1. The normalized spacial score (nSPS) is 11.7. The lowest BCUT2D eigenvalue weighted by molar-refractivity contribution is 0.434. The second-order valence-electron chi connectivity index (χ2n) is 3.79. The number of halogens is 1. The van der Waals surface area contributed by atoms with Crippen LogP contribution in [0.2, 0.25) is 0 Å². The molecule has 0 aliphatic heterocycles. The van der Waals surface area contributed by atoms with Gasteiger partial charge in [-0.15, -0.1) is 11.8 Å². The standard InChI is InChI=1S/C14H16FNOS.C2H6/c1-10(8-11(2)17)16-12(3)18-9-13-6-4-5-7-14(13)15;1-2/h4-8,17H,2,9H2,1,3H3;1-2H3/b10-8-,16-12?;. The molecule has 0 amide bonds. The minimum absolute atomic E-state index is 0.0249. The van der Waals surface area contributed by atoms with E-state index < -0.39 is 0 Å². The van der Waals surface area contributed by atoms with Gasteiger partial charge in [0, 0.05) is 17.5 Å². The first-order valence-corrected chi connectivity index (χ1v) is 7.45. The highest BCUT2D eigenvalue weighted by atomic mass is 32.2. The Bertz CT molecular complexity index is 495. The summed E-state index contributed by atoms with van der Waals surface area (Å²) in [6.45, 7) is 11.0. The molecule has 0 fully saturated rings. The maximum Gasteiger partial charge on any atom is 0.127 e. The lowest BCUT2D eigenvalue weighted by atomic mass is 10.2. The van der Waals surface area contributed by atoms with Crippen molar-refractivity contribution < 1.29 is 9.50 Å². The molecule has 0 saturated carbocycles. The van der Waals surface area contributed by atoms with E-state index in [2.05, 4.69) is 11.6 Å². The van der Waals surface area contributed by atoms with Gasteiger partial charge in [0.15, 0.2) is 0 Å². The first kappa shape index (κ1) is 18.4. The molecule has 110 valence electrons. The molecule has 0 heterocycles. The number of benzene rings is 1. The van der Waals surface area contributed by atoms with Crippen molar-refractivity contribution in [3.63, 3.8) is 0 Å². The molecule has 0 aliphatic rings. The SMILES string of the molecule is C=C(O)/C=C(/C)N=C(C)SCc1ccccc1F.CC. The summed E-state index contributed by atoms with van der Waals surface area (Å²) in [5.74, 6) is 0.312. The number of nitrogens with zero attached hydrogens (tertiary/aromatic N) is 1. The van der Waals surface area contributed by atoms with Gasteiger partial charge in [0.2, 0.25) is 0 Å². The Hall–Kier alpha value is -1.55. The summed E-state index contributed by atoms with van der Waals surface area (Å²) >= 11 is 1.46. The lowest BCUT2D eigenvalue weighted by Crippen LogP contribution is -1.91. The summed E-state index contributed by atoms with van der Waals surface area (Å²) in [5.41, 5.74) is 1.33. The van der Waals surface area contributed by atoms with Crippen molar-refractivity contribution in [2.75, 3.05) is 0 Å². The van der Waals surface area contributed by atoms with Gasteiger partial charge < -0.3 is 5.11 Å². The van der Waals surface area contributed by atoms with E-state index >= 15 is 0 Å². The first-order valence-electron chi connectivity index (χ1n) is 6.46. The molecule has 0 unspecified atom stereocenters. The molecule has 1 aromatic carbocycles. The quantitative estimate of drug-likeness (QED) is 0.345. The minimum atomic E-state index is -0.200.